The van der Waals surface area contributed by atoms with Gasteiger partial charge in [0.1, 0.15) is 5.60 Å². The summed E-state index contributed by atoms with van der Waals surface area (Å²) in [4.78, 5) is 13.8. The fourth-order valence-electron chi connectivity index (χ4n) is 2.60. The number of nitrogens with zero attached hydrogens (tertiary/aromatic N) is 2. The highest BCUT2D eigenvalue weighted by molar-refractivity contribution is 7.92. The molecule has 1 aromatic rings. The summed E-state index contributed by atoms with van der Waals surface area (Å²) in [5, 5.41) is 8.15. The van der Waals surface area contributed by atoms with Gasteiger partial charge in [-0.15, -0.1) is 0 Å². The van der Waals surface area contributed by atoms with Gasteiger partial charge in [-0.05, 0) is 57.9 Å². The van der Waals surface area contributed by atoms with Crippen LogP contribution < -0.4 is 0 Å². The Labute approximate surface area is 142 Å². The highest BCUT2D eigenvalue weighted by atomic mass is 32.2. The quantitative estimate of drug-likeness (QED) is 0.818. The van der Waals surface area contributed by atoms with Crippen molar-refractivity contribution < 1.29 is 17.9 Å². The maximum atomic E-state index is 12.8. The van der Waals surface area contributed by atoms with Crippen molar-refractivity contribution in [3.8, 4) is 6.07 Å². The molecule has 0 unspecified atom stereocenters. The molecular weight excluding hydrogens is 328 g/mol. The van der Waals surface area contributed by atoms with Gasteiger partial charge in [-0.2, -0.15) is 5.26 Å². The maximum Gasteiger partial charge on any atom is 0.410 e. The Balaban J connectivity index is 2.15. The number of hydrogen-bond donors (Lipinski definition) is 0. The third-order valence-electron chi connectivity index (χ3n) is 3.78. The van der Waals surface area contributed by atoms with Gasteiger partial charge < -0.3 is 9.64 Å². The van der Waals surface area contributed by atoms with E-state index in [4.69, 9.17) is 10.00 Å². The molecule has 1 aromatic carbocycles. The van der Waals surface area contributed by atoms with Crippen LogP contribution in [-0.4, -0.2) is 43.4 Å². The minimum Gasteiger partial charge on any atom is -0.444 e. The SMILES string of the molecule is CC(C)(C)OC(=O)N1CCC[C@@H](S(=O)(=O)c2ccc(C#N)cc2)C1. The summed E-state index contributed by atoms with van der Waals surface area (Å²) in [5.41, 5.74) is -0.205. The molecule has 1 heterocycles. The number of piperidine rings is 1. The van der Waals surface area contributed by atoms with Gasteiger partial charge in [0, 0.05) is 13.1 Å². The number of sulfone groups is 1. The molecular formula is C17H22N2O4S. The first kappa shape index (κ1) is 18.3. The first-order chi connectivity index (χ1) is 11.1. The normalized spacial score (nSPS) is 18.8. The zero-order valence-electron chi connectivity index (χ0n) is 14.2. The van der Waals surface area contributed by atoms with E-state index in [0.717, 1.165) is 0 Å². The molecule has 1 saturated heterocycles. The summed E-state index contributed by atoms with van der Waals surface area (Å²) < 4.78 is 30.9. The summed E-state index contributed by atoms with van der Waals surface area (Å²) in [6.45, 7) is 5.95. The first-order valence-corrected chi connectivity index (χ1v) is 9.40. The zero-order valence-corrected chi connectivity index (χ0v) is 15.0. The summed E-state index contributed by atoms with van der Waals surface area (Å²) in [6, 6.07) is 7.83. The Hall–Kier alpha value is -2.07. The number of benzene rings is 1. The van der Waals surface area contributed by atoms with Crippen molar-refractivity contribution in [1.82, 2.24) is 4.90 Å². The van der Waals surface area contributed by atoms with Crippen molar-refractivity contribution in [2.45, 2.75) is 49.4 Å². The van der Waals surface area contributed by atoms with Crippen LogP contribution in [0.25, 0.3) is 0 Å². The smallest absolute Gasteiger partial charge is 0.410 e. The molecule has 0 aromatic heterocycles. The van der Waals surface area contributed by atoms with Crippen LogP contribution in [0.2, 0.25) is 0 Å². The fourth-order valence-corrected chi connectivity index (χ4v) is 4.35. The van der Waals surface area contributed by atoms with Crippen molar-refractivity contribution >= 4 is 15.9 Å². The van der Waals surface area contributed by atoms with E-state index in [0.29, 0.717) is 24.9 Å². The predicted molar refractivity (Wildman–Crippen MR) is 89.2 cm³/mol. The lowest BCUT2D eigenvalue weighted by atomic mass is 10.1. The van der Waals surface area contributed by atoms with Gasteiger partial charge in [-0.25, -0.2) is 13.2 Å². The fraction of sp³-hybridized carbons (Fsp3) is 0.529. The van der Waals surface area contributed by atoms with E-state index in [1.165, 1.54) is 29.2 Å². The summed E-state index contributed by atoms with van der Waals surface area (Å²) in [5.74, 6) is 0. The third-order valence-corrected chi connectivity index (χ3v) is 5.97. The molecule has 130 valence electrons. The number of ether oxygens (including phenoxy) is 1. The Kier molecular flexibility index (Phi) is 5.19. The van der Waals surface area contributed by atoms with Crippen LogP contribution in [-0.2, 0) is 14.6 Å². The highest BCUT2D eigenvalue weighted by Gasteiger charge is 2.35. The van der Waals surface area contributed by atoms with E-state index >= 15 is 0 Å². The van der Waals surface area contributed by atoms with Crippen LogP contribution in [0, 0.1) is 11.3 Å². The van der Waals surface area contributed by atoms with Crippen molar-refractivity contribution in [3.63, 3.8) is 0 Å². The van der Waals surface area contributed by atoms with Crippen LogP contribution >= 0.6 is 0 Å². The number of hydrogen-bond acceptors (Lipinski definition) is 5. The van der Waals surface area contributed by atoms with E-state index in [1.54, 1.807) is 20.8 Å². The van der Waals surface area contributed by atoms with Gasteiger partial charge in [-0.3, -0.25) is 0 Å². The lowest BCUT2D eigenvalue weighted by Gasteiger charge is -2.33. The lowest BCUT2D eigenvalue weighted by molar-refractivity contribution is 0.0219. The van der Waals surface area contributed by atoms with Crippen molar-refractivity contribution in [1.29, 1.82) is 5.26 Å². The largest absolute Gasteiger partial charge is 0.444 e. The number of amides is 1. The topological polar surface area (TPSA) is 87.5 Å². The Morgan fingerprint density at radius 2 is 1.92 bits per heavy atom. The number of carbonyl (C=O) groups excluding carboxylic acids is 1. The lowest BCUT2D eigenvalue weighted by Crippen LogP contribution is -2.47. The van der Waals surface area contributed by atoms with Crippen LogP contribution in [0.1, 0.15) is 39.2 Å². The van der Waals surface area contributed by atoms with Gasteiger partial charge in [0.15, 0.2) is 9.84 Å². The van der Waals surface area contributed by atoms with Crippen LogP contribution in [0.4, 0.5) is 4.79 Å². The molecule has 1 atom stereocenters. The monoisotopic (exact) mass is 350 g/mol. The average Bonchev–Trinajstić information content (AvgIpc) is 2.53. The van der Waals surface area contributed by atoms with E-state index in [9.17, 15) is 13.2 Å². The maximum absolute atomic E-state index is 12.8. The standard InChI is InChI=1S/C17H22N2O4S/c1-17(2,3)23-16(20)19-10-4-5-15(12-19)24(21,22)14-8-6-13(11-18)7-9-14/h6-9,15H,4-5,10,12H2,1-3H3/t15-/m1/s1. The van der Waals surface area contributed by atoms with Crippen LogP contribution in [0.15, 0.2) is 29.2 Å². The van der Waals surface area contributed by atoms with E-state index in [2.05, 4.69) is 0 Å². The minimum atomic E-state index is -3.56. The highest BCUT2D eigenvalue weighted by Crippen LogP contribution is 2.25. The third kappa shape index (κ3) is 4.26. The Morgan fingerprint density at radius 3 is 2.46 bits per heavy atom. The molecule has 0 saturated carbocycles. The molecule has 0 bridgehead atoms. The van der Waals surface area contributed by atoms with Gasteiger partial charge in [-0.1, -0.05) is 0 Å². The average molecular weight is 350 g/mol. The first-order valence-electron chi connectivity index (χ1n) is 7.85. The molecule has 7 heteroatoms. The van der Waals surface area contributed by atoms with E-state index in [-0.39, 0.29) is 11.4 Å². The number of likely N-dealkylation sites (tertiary alicyclic amines) is 1. The van der Waals surface area contributed by atoms with Crippen LogP contribution in [0.5, 0.6) is 0 Å². The summed E-state index contributed by atoms with van der Waals surface area (Å²) >= 11 is 0. The molecule has 1 amide bonds. The van der Waals surface area contributed by atoms with Gasteiger partial charge in [0.05, 0.1) is 21.8 Å². The molecule has 1 fully saturated rings. The molecule has 2 rings (SSSR count). The second-order valence-electron chi connectivity index (χ2n) is 6.87. The predicted octanol–water partition coefficient (Wildman–Crippen LogP) is 2.73. The van der Waals surface area contributed by atoms with E-state index in [1.807, 2.05) is 6.07 Å². The molecule has 0 N–H and O–H groups in total. The molecule has 0 aliphatic carbocycles. The Bertz CT molecular complexity index is 742. The Morgan fingerprint density at radius 1 is 1.29 bits per heavy atom. The number of rotatable bonds is 2. The summed E-state index contributed by atoms with van der Waals surface area (Å²) in [7, 11) is -3.56. The van der Waals surface area contributed by atoms with Gasteiger partial charge >= 0.3 is 6.09 Å². The van der Waals surface area contributed by atoms with Crippen molar-refractivity contribution in [2.75, 3.05) is 13.1 Å². The molecule has 6 nitrogen and oxygen atoms in total. The molecule has 1 aliphatic heterocycles. The number of nitriles is 1. The summed E-state index contributed by atoms with van der Waals surface area (Å²) in [6.07, 6.45) is 0.628. The molecule has 1 aliphatic rings. The second-order valence-corrected chi connectivity index (χ2v) is 9.10. The zero-order chi connectivity index (χ0) is 18.0. The van der Waals surface area contributed by atoms with Crippen LogP contribution in [0.3, 0.4) is 0 Å². The van der Waals surface area contributed by atoms with Gasteiger partial charge in [0.2, 0.25) is 0 Å². The minimum absolute atomic E-state index is 0.122. The van der Waals surface area contributed by atoms with Crippen molar-refractivity contribution in [2.24, 2.45) is 0 Å². The van der Waals surface area contributed by atoms with Crippen molar-refractivity contribution in [3.05, 3.63) is 29.8 Å². The van der Waals surface area contributed by atoms with Gasteiger partial charge in [0.25, 0.3) is 0 Å². The molecule has 0 radical (unpaired) electrons. The number of carbonyl (C=O) groups is 1. The molecule has 0 spiro atoms. The molecule has 24 heavy (non-hydrogen) atoms. The second kappa shape index (κ2) is 6.81. The van der Waals surface area contributed by atoms with E-state index < -0.39 is 26.8 Å².